The van der Waals surface area contributed by atoms with Gasteiger partial charge in [-0.1, -0.05) is 0 Å². The van der Waals surface area contributed by atoms with Gasteiger partial charge in [-0.15, -0.1) is 0 Å². The Bertz CT molecular complexity index is 857. The molecule has 0 radical (unpaired) electrons. The molecule has 7 heteroatoms. The van der Waals surface area contributed by atoms with Crippen molar-refractivity contribution >= 4 is 21.7 Å². The maximum Gasteiger partial charge on any atom is 0.226 e. The zero-order valence-electron chi connectivity index (χ0n) is 11.7. The van der Waals surface area contributed by atoms with Crippen molar-refractivity contribution in [2.45, 2.75) is 17.0 Å². The molecule has 5 nitrogen and oxygen atoms in total. The van der Waals surface area contributed by atoms with Gasteiger partial charge >= 0.3 is 0 Å². The standard InChI is InChI=1S/C15H12FN3O2S/c1-2-21-13-7-9-18-15(19-13)22(20)12-6-5-11(16)10-4-3-8-17-14(10)12/h3-9H,2H2,1H3. The summed E-state index contributed by atoms with van der Waals surface area (Å²) in [7, 11) is -1.67. The van der Waals surface area contributed by atoms with Crippen LogP contribution in [0.5, 0.6) is 5.88 Å². The van der Waals surface area contributed by atoms with Crippen molar-refractivity contribution in [1.82, 2.24) is 15.0 Å². The van der Waals surface area contributed by atoms with Crippen molar-refractivity contribution in [3.8, 4) is 5.88 Å². The van der Waals surface area contributed by atoms with Crippen LogP contribution in [0, 0.1) is 5.82 Å². The van der Waals surface area contributed by atoms with E-state index in [0.29, 0.717) is 28.3 Å². The molecule has 1 aromatic carbocycles. The van der Waals surface area contributed by atoms with Crippen molar-refractivity contribution in [1.29, 1.82) is 0 Å². The van der Waals surface area contributed by atoms with Crippen LogP contribution < -0.4 is 4.74 Å². The number of fused-ring (bicyclic) bond motifs is 1. The number of pyridine rings is 1. The smallest absolute Gasteiger partial charge is 0.226 e. The van der Waals surface area contributed by atoms with Gasteiger partial charge in [0.15, 0.2) is 0 Å². The molecule has 0 amide bonds. The van der Waals surface area contributed by atoms with E-state index in [0.717, 1.165) is 0 Å². The summed E-state index contributed by atoms with van der Waals surface area (Å²) in [6, 6.07) is 7.52. The van der Waals surface area contributed by atoms with E-state index in [1.165, 1.54) is 24.5 Å². The van der Waals surface area contributed by atoms with Crippen LogP contribution in [0.4, 0.5) is 4.39 Å². The van der Waals surface area contributed by atoms with E-state index in [1.807, 2.05) is 6.92 Å². The Hall–Kier alpha value is -2.41. The Morgan fingerprint density at radius 1 is 1.18 bits per heavy atom. The average molecular weight is 317 g/mol. The van der Waals surface area contributed by atoms with Crippen LogP contribution in [-0.4, -0.2) is 25.8 Å². The van der Waals surface area contributed by atoms with E-state index >= 15 is 0 Å². The first-order chi connectivity index (χ1) is 10.7. The van der Waals surface area contributed by atoms with Crippen LogP contribution in [0.2, 0.25) is 0 Å². The van der Waals surface area contributed by atoms with Gasteiger partial charge in [-0.25, -0.2) is 13.6 Å². The minimum atomic E-state index is -1.67. The fraction of sp³-hybridized carbons (Fsp3) is 0.133. The van der Waals surface area contributed by atoms with Crippen LogP contribution in [-0.2, 0) is 10.8 Å². The Morgan fingerprint density at radius 3 is 2.86 bits per heavy atom. The molecule has 0 N–H and O–H groups in total. The molecule has 2 aromatic heterocycles. The van der Waals surface area contributed by atoms with Gasteiger partial charge in [-0.05, 0) is 31.2 Å². The summed E-state index contributed by atoms with van der Waals surface area (Å²) in [5.74, 6) is -0.0620. The predicted molar refractivity (Wildman–Crippen MR) is 79.6 cm³/mol. The SMILES string of the molecule is CCOc1ccnc(S(=O)c2ccc(F)c3cccnc23)n1. The largest absolute Gasteiger partial charge is 0.478 e. The molecule has 112 valence electrons. The summed E-state index contributed by atoms with van der Waals surface area (Å²) in [5, 5.41) is 0.416. The first-order valence-electron chi connectivity index (χ1n) is 6.61. The second-order valence-corrected chi connectivity index (χ2v) is 5.67. The van der Waals surface area contributed by atoms with Crippen molar-refractivity contribution < 1.29 is 13.3 Å². The first-order valence-corrected chi connectivity index (χ1v) is 7.76. The van der Waals surface area contributed by atoms with Crippen LogP contribution >= 0.6 is 0 Å². The summed E-state index contributed by atoms with van der Waals surface area (Å²) in [5.41, 5.74) is 0.339. The molecular weight excluding hydrogens is 305 g/mol. The zero-order chi connectivity index (χ0) is 15.5. The lowest BCUT2D eigenvalue weighted by molar-refractivity contribution is 0.323. The summed E-state index contributed by atoms with van der Waals surface area (Å²) in [6.45, 7) is 2.28. The summed E-state index contributed by atoms with van der Waals surface area (Å²) >= 11 is 0. The summed E-state index contributed by atoms with van der Waals surface area (Å²) in [4.78, 5) is 12.6. The number of hydrogen-bond donors (Lipinski definition) is 0. The third kappa shape index (κ3) is 2.67. The molecule has 1 unspecified atom stereocenters. The summed E-state index contributed by atoms with van der Waals surface area (Å²) in [6.07, 6.45) is 3.00. The lowest BCUT2D eigenvalue weighted by atomic mass is 10.2. The molecule has 0 bridgehead atoms. The maximum absolute atomic E-state index is 13.8. The van der Waals surface area contributed by atoms with Gasteiger partial charge in [0, 0.05) is 23.8 Å². The van der Waals surface area contributed by atoms with Gasteiger partial charge in [0.25, 0.3) is 0 Å². The highest BCUT2D eigenvalue weighted by molar-refractivity contribution is 7.85. The molecule has 0 spiro atoms. The molecular formula is C15H12FN3O2S. The average Bonchev–Trinajstić information content (AvgIpc) is 2.55. The highest BCUT2D eigenvalue weighted by Crippen LogP contribution is 2.25. The quantitative estimate of drug-likeness (QED) is 0.692. The molecule has 0 aliphatic heterocycles. The second-order valence-electron chi connectivity index (χ2n) is 4.32. The minimum absolute atomic E-state index is 0.101. The molecule has 2 heterocycles. The number of benzene rings is 1. The van der Waals surface area contributed by atoms with Crippen LogP contribution in [0.3, 0.4) is 0 Å². The van der Waals surface area contributed by atoms with E-state index in [2.05, 4.69) is 15.0 Å². The number of halogens is 1. The summed E-state index contributed by atoms with van der Waals surface area (Å²) < 4.78 is 31.8. The van der Waals surface area contributed by atoms with E-state index in [4.69, 9.17) is 4.74 Å². The topological polar surface area (TPSA) is 65.0 Å². The van der Waals surface area contributed by atoms with E-state index in [1.54, 1.807) is 18.2 Å². The second kappa shape index (κ2) is 6.15. The van der Waals surface area contributed by atoms with E-state index in [9.17, 15) is 8.60 Å². The molecule has 1 atom stereocenters. The molecule has 0 fully saturated rings. The lowest BCUT2D eigenvalue weighted by Gasteiger charge is -2.07. The molecule has 22 heavy (non-hydrogen) atoms. The normalized spacial score (nSPS) is 12.3. The number of hydrogen-bond acceptors (Lipinski definition) is 5. The molecule has 0 aliphatic rings. The van der Waals surface area contributed by atoms with Gasteiger partial charge in [0.2, 0.25) is 11.0 Å². The molecule has 0 aliphatic carbocycles. The first kappa shape index (κ1) is 14.5. The minimum Gasteiger partial charge on any atom is -0.478 e. The predicted octanol–water partition coefficient (Wildman–Crippen LogP) is 2.73. The fourth-order valence-electron chi connectivity index (χ4n) is 2.00. The molecule has 3 aromatic rings. The zero-order valence-corrected chi connectivity index (χ0v) is 12.5. The van der Waals surface area contributed by atoms with Crippen LogP contribution in [0.15, 0.2) is 52.8 Å². The Labute approximate surface area is 128 Å². The number of aromatic nitrogens is 3. The van der Waals surface area contributed by atoms with Crippen molar-refractivity contribution in [3.63, 3.8) is 0 Å². The van der Waals surface area contributed by atoms with Gasteiger partial charge < -0.3 is 4.74 Å². The van der Waals surface area contributed by atoms with Crippen LogP contribution in [0.25, 0.3) is 10.9 Å². The van der Waals surface area contributed by atoms with Gasteiger partial charge in [0.05, 0.1) is 17.0 Å². The fourth-order valence-corrected chi connectivity index (χ4v) is 3.06. The maximum atomic E-state index is 13.8. The molecule has 3 rings (SSSR count). The van der Waals surface area contributed by atoms with Crippen molar-refractivity contribution in [3.05, 3.63) is 48.5 Å². The Kier molecular flexibility index (Phi) is 4.06. The van der Waals surface area contributed by atoms with Crippen LogP contribution in [0.1, 0.15) is 6.92 Å². The lowest BCUT2D eigenvalue weighted by Crippen LogP contribution is -2.04. The van der Waals surface area contributed by atoms with Crippen molar-refractivity contribution in [2.75, 3.05) is 6.61 Å². The third-order valence-corrected chi connectivity index (χ3v) is 4.20. The van der Waals surface area contributed by atoms with E-state index in [-0.39, 0.29) is 5.16 Å². The van der Waals surface area contributed by atoms with E-state index < -0.39 is 16.6 Å². The Morgan fingerprint density at radius 2 is 2.05 bits per heavy atom. The third-order valence-electron chi connectivity index (χ3n) is 2.95. The molecule has 0 saturated carbocycles. The monoisotopic (exact) mass is 317 g/mol. The van der Waals surface area contributed by atoms with Gasteiger partial charge in [-0.3, -0.25) is 4.98 Å². The highest BCUT2D eigenvalue weighted by Gasteiger charge is 2.17. The number of ether oxygens (including phenoxy) is 1. The number of nitrogens with zero attached hydrogens (tertiary/aromatic N) is 3. The molecule has 0 saturated heterocycles. The van der Waals surface area contributed by atoms with Gasteiger partial charge in [-0.2, -0.15) is 4.98 Å². The highest BCUT2D eigenvalue weighted by atomic mass is 32.2. The van der Waals surface area contributed by atoms with Gasteiger partial charge in [0.1, 0.15) is 16.6 Å². The Balaban J connectivity index is 2.10. The van der Waals surface area contributed by atoms with Crippen molar-refractivity contribution in [2.24, 2.45) is 0 Å². The number of rotatable bonds is 4.